The summed E-state index contributed by atoms with van der Waals surface area (Å²) in [6.07, 6.45) is -0.823. The number of nitrogens with two attached hydrogens (primary N) is 1. The number of carbonyl (C=O) groups excluding carboxylic acids is 9. The lowest BCUT2D eigenvalue weighted by Gasteiger charge is -2.39. The van der Waals surface area contributed by atoms with E-state index in [0.29, 0.717) is 17.0 Å². The van der Waals surface area contributed by atoms with Crippen LogP contribution in [-0.4, -0.2) is 160 Å². The van der Waals surface area contributed by atoms with Crippen LogP contribution < -0.4 is 32.3 Å². The van der Waals surface area contributed by atoms with Gasteiger partial charge in [-0.3, -0.25) is 47.7 Å². The first-order valence-corrected chi connectivity index (χ1v) is 35.6. The summed E-state index contributed by atoms with van der Waals surface area (Å²) < 4.78 is 47.0. The van der Waals surface area contributed by atoms with Gasteiger partial charge in [0.15, 0.2) is 0 Å². The molecule has 10 rings (SSSR count). The molecule has 8 atom stereocenters. The number of aliphatic hydroxyl groups is 1. The van der Waals surface area contributed by atoms with Crippen molar-refractivity contribution in [3.63, 3.8) is 0 Å². The van der Waals surface area contributed by atoms with Gasteiger partial charge in [0.05, 0.1) is 46.4 Å². The number of thiazole rings is 1. The Morgan fingerprint density at radius 1 is 0.820 bits per heavy atom. The van der Waals surface area contributed by atoms with Gasteiger partial charge in [0.1, 0.15) is 41.5 Å². The molecule has 6 heterocycles. The maximum absolute atomic E-state index is 15.2. The molecule has 7 aromatic rings. The number of likely N-dealkylation sites (tertiary alicyclic amines) is 1. The van der Waals surface area contributed by atoms with E-state index in [2.05, 4.69) is 41.7 Å². The molecule has 3 aliphatic heterocycles. The number of hydrogen-bond acceptors (Lipinski definition) is 15. The first-order chi connectivity index (χ1) is 47.6. The third-order valence-electron chi connectivity index (χ3n) is 18.5. The van der Waals surface area contributed by atoms with E-state index in [-0.39, 0.29) is 106 Å². The number of β-amino-alcohol motifs (C(OH)–C–C–N with tert-alkyl or cyclic N) is 1. The number of primary amides is 1. The van der Waals surface area contributed by atoms with Gasteiger partial charge in [-0.05, 0) is 98.7 Å². The highest BCUT2D eigenvalue weighted by molar-refractivity contribution is 7.52. The summed E-state index contributed by atoms with van der Waals surface area (Å²) in [5.41, 5.74) is 5.89. The summed E-state index contributed by atoms with van der Waals surface area (Å²) in [4.78, 5) is 159. The summed E-state index contributed by atoms with van der Waals surface area (Å²) in [5, 5.41) is 29.2. The summed E-state index contributed by atoms with van der Waals surface area (Å²) in [5.74, 6) is -6.42. The van der Waals surface area contributed by atoms with Crippen LogP contribution in [0.2, 0.25) is 0 Å². The van der Waals surface area contributed by atoms with Gasteiger partial charge in [-0.1, -0.05) is 110 Å². The zero-order chi connectivity index (χ0) is 71.7. The summed E-state index contributed by atoms with van der Waals surface area (Å²) in [6.45, 7) is 6.93. The number of H-pyrrole nitrogens is 1. The molecule has 3 fully saturated rings. The molecule has 3 aromatic heterocycles. The quantitative estimate of drug-likeness (QED) is 0.0196. The number of nitrogens with one attached hydrogen (secondary N) is 6. The van der Waals surface area contributed by atoms with E-state index >= 15 is 4.79 Å². The van der Waals surface area contributed by atoms with Crippen LogP contribution in [0.3, 0.4) is 0 Å². The lowest BCUT2D eigenvalue weighted by atomic mass is 9.91. The number of halogens is 2. The lowest BCUT2D eigenvalue weighted by molar-refractivity contribution is -0.145. The van der Waals surface area contributed by atoms with Crippen molar-refractivity contribution in [2.24, 2.45) is 11.7 Å². The Labute approximate surface area is 578 Å². The van der Waals surface area contributed by atoms with Crippen molar-refractivity contribution in [2.45, 2.75) is 152 Å². The number of fused-ring (bicyclic) bond motifs is 2. The van der Waals surface area contributed by atoms with Gasteiger partial charge < -0.3 is 71.4 Å². The third-order valence-corrected chi connectivity index (χ3v) is 20.5. The van der Waals surface area contributed by atoms with Crippen LogP contribution in [-0.2, 0) is 48.6 Å². The van der Waals surface area contributed by atoms with Crippen molar-refractivity contribution in [2.75, 3.05) is 26.2 Å². The number of aliphatic hydroxyl groups excluding tert-OH is 1. The summed E-state index contributed by atoms with van der Waals surface area (Å²) in [7, 11) is -5.98. The average Bonchev–Trinajstić information content (AvgIpc) is 1.50. The minimum Gasteiger partial charge on any atom is -0.391 e. The summed E-state index contributed by atoms with van der Waals surface area (Å²) in [6, 6.07) is 23.6. The van der Waals surface area contributed by atoms with Crippen molar-refractivity contribution in [3.8, 4) is 10.4 Å². The Kier molecular flexibility index (Phi) is 23.2. The smallest absolute Gasteiger partial charge is 0.391 e. The van der Waals surface area contributed by atoms with E-state index in [0.717, 1.165) is 51.5 Å². The lowest BCUT2D eigenvalue weighted by Crippen LogP contribution is -2.62. The van der Waals surface area contributed by atoms with Crippen LogP contribution in [0.15, 0.2) is 125 Å². The highest BCUT2D eigenvalue weighted by Gasteiger charge is 2.51. The van der Waals surface area contributed by atoms with Crippen LogP contribution >= 0.6 is 18.9 Å². The van der Waals surface area contributed by atoms with E-state index in [4.69, 9.17) is 10.3 Å². The van der Waals surface area contributed by atoms with Crippen LogP contribution in [0.5, 0.6) is 0 Å². The van der Waals surface area contributed by atoms with Crippen molar-refractivity contribution in [1.82, 2.24) is 56.4 Å². The molecule has 3 aliphatic rings. The molecular formula is C70H81F2N12O14PS. The molecule has 0 saturated carbocycles. The minimum atomic E-state index is -5.98. The number of rotatable bonds is 27. The van der Waals surface area contributed by atoms with Gasteiger partial charge >= 0.3 is 13.3 Å². The third kappa shape index (κ3) is 17.2. The molecule has 4 aromatic carbocycles. The number of nitrogens with zero attached hydrogens (tertiary/aromatic N) is 5. The van der Waals surface area contributed by atoms with Gasteiger partial charge in [0, 0.05) is 74.0 Å². The number of aromatic amines is 1. The van der Waals surface area contributed by atoms with Crippen LogP contribution in [0.1, 0.15) is 146 Å². The molecule has 9 amide bonds. The highest BCUT2D eigenvalue weighted by Crippen LogP contribution is 2.59. The molecular weight excluding hydrogens is 1330 g/mol. The zero-order valence-electron chi connectivity index (χ0n) is 55.5. The maximum atomic E-state index is 15.2. The number of unbranched alkanes of at least 4 members (excludes halogenated alkanes) is 1. The van der Waals surface area contributed by atoms with Crippen molar-refractivity contribution < 1.29 is 75.9 Å². The van der Waals surface area contributed by atoms with Gasteiger partial charge in [0.2, 0.25) is 47.3 Å². The molecule has 26 nitrogen and oxygen atoms in total. The Bertz CT molecular complexity index is 4150. The number of aromatic nitrogens is 3. The second-order valence-corrected chi connectivity index (χ2v) is 28.5. The van der Waals surface area contributed by atoms with Crippen molar-refractivity contribution in [1.29, 1.82) is 0 Å². The maximum Gasteiger partial charge on any atom is 0.399 e. The predicted octanol–water partition coefficient (Wildman–Crippen LogP) is 6.41. The van der Waals surface area contributed by atoms with E-state index in [1.165, 1.54) is 26.0 Å². The first-order valence-electron chi connectivity index (χ1n) is 33.1. The molecule has 100 heavy (non-hydrogen) atoms. The Morgan fingerprint density at radius 3 is 2.14 bits per heavy atom. The van der Waals surface area contributed by atoms with Gasteiger partial charge in [-0.2, -0.15) is 8.78 Å². The molecule has 3 saturated heterocycles. The highest BCUT2D eigenvalue weighted by atomic mass is 32.1. The minimum absolute atomic E-state index is 0.0325. The predicted molar refractivity (Wildman–Crippen MR) is 363 cm³/mol. The second-order valence-electron chi connectivity index (χ2n) is 26.0. The first kappa shape index (κ1) is 73.2. The molecule has 11 N–H and O–H groups in total. The number of amides is 9. The monoisotopic (exact) mass is 1410 g/mol. The Balaban J connectivity index is 0.826. The Morgan fingerprint density at radius 2 is 1.51 bits per heavy atom. The van der Waals surface area contributed by atoms with Crippen LogP contribution in [0, 0.1) is 19.8 Å². The van der Waals surface area contributed by atoms with Crippen molar-refractivity contribution in [3.05, 3.63) is 166 Å². The molecule has 30 heteroatoms. The fourth-order valence-corrected chi connectivity index (χ4v) is 14.6. The number of carbonyl (C=O) groups is 9. The SMILES string of the molecule is Cc1cc([C@H](C(=O)N2C[C@H](O)C[C@H]2C(=O)N[C@@H](CC(=O)NCCCCC(=O)N2CC[C@H]3CC[C@@H](C(=O)N[C@@H](CCC(N)=O)C(=O)NC(c4ccccc4)c4ccccc4)N3C(=O)[C@@H](NC(=O)c3cc4cc(C(F)(F)P(=O)(O)O)ccc4[nH]3)C2)c2ccc(-c3scnc3C)cc2)C(C)C)on1. The fraction of sp³-hybridized carbons (Fsp3) is 0.414. The fourth-order valence-electron chi connectivity index (χ4n) is 13.3. The summed E-state index contributed by atoms with van der Waals surface area (Å²) >= 11 is 1.46. The van der Waals surface area contributed by atoms with Gasteiger partial charge in [-0.25, -0.2) is 4.98 Å². The van der Waals surface area contributed by atoms with E-state index in [9.17, 15) is 66.6 Å². The number of hydrogen-bond donors (Lipinski definition) is 10. The van der Waals surface area contributed by atoms with E-state index < -0.39 is 133 Å². The standard InChI is InChI=1S/C70H81F2N12O14PS/c1-39(2)61(57-31-40(3)81-98-57)69(94)83-36-49(85)34-56(83)67(92)78-52(42-18-20-45(21-19-42)63-41(4)75-38-100-63)35-59(87)74-29-12-11-17-60(88)82-30-28-48-23-26-55(66(91)77-51(25-27-58(73)86)64(89)80-62(43-13-7-5-8-14-43)44-15-9-6-10-16-44)84(48)68(93)54(37-82)79-65(90)53-33-46-32-47(22-24-50(46)76-53)70(71,72)99(95,96)97/h5-10,13-16,18-22,24,31-33,38-39,48-49,51-52,54-56,61-62,76,85H,11-12,17,23,25-30,34-37H2,1-4H3,(H2,73,86)(H,74,87)(H,77,91)(H,78,92)(H,79,90)(H,80,89)(H2,95,96,97)/t48-,49-,51+,52+,54+,55+,56+,61-/m1/s1. The molecule has 0 radical (unpaired) electrons. The average molecular weight is 1420 g/mol. The molecule has 0 bridgehead atoms. The van der Waals surface area contributed by atoms with Gasteiger partial charge in [0.25, 0.3) is 5.91 Å². The van der Waals surface area contributed by atoms with Crippen LogP contribution in [0.25, 0.3) is 21.3 Å². The van der Waals surface area contributed by atoms with Gasteiger partial charge in [-0.15, -0.1) is 11.3 Å². The number of aryl methyl sites for hydroxylation is 2. The molecule has 0 unspecified atom stereocenters. The van der Waals surface area contributed by atoms with E-state index in [1.807, 2.05) is 93.6 Å². The normalized spacial score (nSPS) is 19.0. The number of alkyl halides is 2. The number of benzene rings is 4. The largest absolute Gasteiger partial charge is 0.399 e. The van der Waals surface area contributed by atoms with Crippen LogP contribution in [0.4, 0.5) is 8.78 Å². The van der Waals surface area contributed by atoms with E-state index in [1.54, 1.807) is 30.6 Å². The topological polar surface area (TPSA) is 382 Å². The molecule has 0 aliphatic carbocycles. The zero-order valence-corrected chi connectivity index (χ0v) is 57.2. The molecule has 530 valence electrons. The Hall–Kier alpha value is -9.54. The second kappa shape index (κ2) is 31.8. The molecule has 0 spiro atoms. The van der Waals surface area contributed by atoms with Crippen molar-refractivity contribution >= 4 is 83.0 Å².